The maximum atomic E-state index is 4.47. The van der Waals surface area contributed by atoms with Crippen LogP contribution < -0.4 is 10.2 Å². The van der Waals surface area contributed by atoms with Crippen LogP contribution in [0.3, 0.4) is 0 Å². The van der Waals surface area contributed by atoms with E-state index in [4.69, 9.17) is 0 Å². The van der Waals surface area contributed by atoms with Crippen LogP contribution in [0.15, 0.2) is 16.7 Å². The fourth-order valence-corrected chi connectivity index (χ4v) is 2.61. The molecule has 1 aromatic heterocycles. The Kier molecular flexibility index (Phi) is 2.21. The van der Waals surface area contributed by atoms with E-state index in [0.29, 0.717) is 12.1 Å². The van der Waals surface area contributed by atoms with E-state index in [1.54, 1.807) is 0 Å². The number of fused-ring (bicyclic) bond motifs is 2. The number of aryl methyl sites for hydroxylation is 1. The Morgan fingerprint density at radius 1 is 1.47 bits per heavy atom. The zero-order valence-electron chi connectivity index (χ0n) is 8.70. The summed E-state index contributed by atoms with van der Waals surface area (Å²) >= 11 is 3.48. The van der Waals surface area contributed by atoms with E-state index in [2.05, 4.69) is 44.1 Å². The van der Waals surface area contributed by atoms with Gasteiger partial charge in [0, 0.05) is 35.8 Å². The maximum Gasteiger partial charge on any atom is 0.128 e. The molecule has 4 heteroatoms. The number of piperidine rings is 1. The van der Waals surface area contributed by atoms with Gasteiger partial charge in [-0.15, -0.1) is 0 Å². The van der Waals surface area contributed by atoms with Crippen LogP contribution in [-0.4, -0.2) is 30.2 Å². The van der Waals surface area contributed by atoms with E-state index in [1.807, 2.05) is 6.20 Å². The minimum Gasteiger partial charge on any atom is -0.353 e. The average molecular weight is 268 g/mol. The predicted molar refractivity (Wildman–Crippen MR) is 64.2 cm³/mol. The lowest BCUT2D eigenvalue weighted by atomic mass is 9.91. The monoisotopic (exact) mass is 267 g/mol. The number of nitrogens with one attached hydrogen (secondary N) is 1. The Morgan fingerprint density at radius 2 is 2.13 bits per heavy atom. The van der Waals surface area contributed by atoms with Crippen molar-refractivity contribution in [3.8, 4) is 0 Å². The molecule has 3 aliphatic rings. The molecular formula is C11H14BrN3. The third-order valence-electron chi connectivity index (χ3n) is 3.28. The molecule has 4 heterocycles. The van der Waals surface area contributed by atoms with Gasteiger partial charge in [0.2, 0.25) is 0 Å². The van der Waals surface area contributed by atoms with Crippen molar-refractivity contribution in [1.29, 1.82) is 0 Å². The van der Waals surface area contributed by atoms with Crippen LogP contribution in [0.1, 0.15) is 12.0 Å². The van der Waals surface area contributed by atoms with Crippen LogP contribution in [0, 0.1) is 6.92 Å². The second-order valence-corrected chi connectivity index (χ2v) is 5.35. The van der Waals surface area contributed by atoms with Crippen LogP contribution in [0.2, 0.25) is 0 Å². The van der Waals surface area contributed by atoms with Crippen molar-refractivity contribution in [3.05, 3.63) is 22.3 Å². The largest absolute Gasteiger partial charge is 0.353 e. The highest BCUT2D eigenvalue weighted by Gasteiger charge is 2.36. The van der Waals surface area contributed by atoms with Gasteiger partial charge in [-0.3, -0.25) is 0 Å². The Bertz CT molecular complexity index is 377. The first-order valence-electron chi connectivity index (χ1n) is 5.35. The summed E-state index contributed by atoms with van der Waals surface area (Å²) in [6.07, 6.45) is 3.24. The minimum atomic E-state index is 0.689. The molecule has 2 atom stereocenters. The molecule has 3 aliphatic heterocycles. The van der Waals surface area contributed by atoms with Crippen LogP contribution in [0.25, 0.3) is 0 Å². The summed E-state index contributed by atoms with van der Waals surface area (Å²) in [6, 6.07) is 3.54. The minimum absolute atomic E-state index is 0.689. The highest BCUT2D eigenvalue weighted by molar-refractivity contribution is 9.10. The molecule has 4 rings (SSSR count). The molecule has 3 fully saturated rings. The van der Waals surface area contributed by atoms with Crippen LogP contribution >= 0.6 is 15.9 Å². The number of anilines is 1. The molecular weight excluding hydrogens is 254 g/mol. The molecule has 0 aliphatic carbocycles. The van der Waals surface area contributed by atoms with E-state index < -0.39 is 0 Å². The Labute approximate surface area is 98.0 Å². The summed E-state index contributed by atoms with van der Waals surface area (Å²) in [5, 5.41) is 3.53. The van der Waals surface area contributed by atoms with Gasteiger partial charge in [-0.05, 0) is 40.9 Å². The predicted octanol–water partition coefficient (Wildman–Crippen LogP) is 1.70. The number of aromatic nitrogens is 1. The summed E-state index contributed by atoms with van der Waals surface area (Å²) < 4.78 is 1.09. The van der Waals surface area contributed by atoms with Gasteiger partial charge in [-0.25, -0.2) is 4.98 Å². The first-order chi connectivity index (χ1) is 7.22. The molecule has 0 amide bonds. The zero-order chi connectivity index (χ0) is 10.4. The molecule has 15 heavy (non-hydrogen) atoms. The fourth-order valence-electron chi connectivity index (χ4n) is 2.40. The molecule has 0 aromatic carbocycles. The van der Waals surface area contributed by atoms with E-state index in [-0.39, 0.29) is 0 Å². The quantitative estimate of drug-likeness (QED) is 0.840. The molecule has 3 saturated heterocycles. The third-order valence-corrected chi connectivity index (χ3v) is 4.11. The van der Waals surface area contributed by atoms with Crippen molar-refractivity contribution >= 4 is 21.7 Å². The van der Waals surface area contributed by atoms with Gasteiger partial charge in [-0.2, -0.15) is 0 Å². The second-order valence-electron chi connectivity index (χ2n) is 4.49. The highest BCUT2D eigenvalue weighted by atomic mass is 79.9. The van der Waals surface area contributed by atoms with Gasteiger partial charge in [-0.1, -0.05) is 0 Å². The number of halogens is 1. The first kappa shape index (κ1) is 9.60. The van der Waals surface area contributed by atoms with E-state index >= 15 is 0 Å². The molecule has 1 aromatic rings. The Hall–Kier alpha value is -0.610. The molecule has 80 valence electrons. The Balaban J connectivity index is 1.83. The van der Waals surface area contributed by atoms with Crippen LogP contribution in [0.4, 0.5) is 5.82 Å². The number of hydrogen-bond acceptors (Lipinski definition) is 3. The number of piperazine rings is 1. The molecule has 2 unspecified atom stereocenters. The van der Waals surface area contributed by atoms with Gasteiger partial charge in [0.05, 0.1) is 0 Å². The Morgan fingerprint density at radius 3 is 2.73 bits per heavy atom. The molecule has 0 radical (unpaired) electrons. The average Bonchev–Trinajstić information content (AvgIpc) is 2.21. The van der Waals surface area contributed by atoms with Crippen LogP contribution in [0.5, 0.6) is 0 Å². The van der Waals surface area contributed by atoms with Gasteiger partial charge < -0.3 is 10.2 Å². The third kappa shape index (κ3) is 1.66. The standard InChI is InChI=1S/C11H14BrN3/c1-7-2-11(13-4-10(7)12)15-5-8-3-9(6-15)14-8/h2,4,8-9,14H,3,5-6H2,1H3. The lowest BCUT2D eigenvalue weighted by molar-refractivity contribution is 0.225. The first-order valence-corrected chi connectivity index (χ1v) is 6.15. The molecule has 2 bridgehead atoms. The van der Waals surface area contributed by atoms with Crippen molar-refractivity contribution in [2.24, 2.45) is 0 Å². The number of rotatable bonds is 1. The molecule has 1 N–H and O–H groups in total. The van der Waals surface area contributed by atoms with Crippen molar-refractivity contribution in [1.82, 2.24) is 10.3 Å². The summed E-state index contributed by atoms with van der Waals surface area (Å²) in [4.78, 5) is 6.85. The van der Waals surface area contributed by atoms with E-state index in [0.717, 1.165) is 23.4 Å². The number of hydrogen-bond donors (Lipinski definition) is 1. The number of pyridine rings is 1. The summed E-state index contributed by atoms with van der Waals surface area (Å²) in [6.45, 7) is 4.31. The molecule has 3 nitrogen and oxygen atoms in total. The smallest absolute Gasteiger partial charge is 0.128 e. The lowest BCUT2D eigenvalue weighted by Crippen LogP contribution is -2.67. The SMILES string of the molecule is Cc1cc(N2CC3CC(C2)N3)ncc1Br. The highest BCUT2D eigenvalue weighted by Crippen LogP contribution is 2.26. The topological polar surface area (TPSA) is 28.2 Å². The van der Waals surface area contributed by atoms with E-state index in [9.17, 15) is 0 Å². The molecule has 0 saturated carbocycles. The zero-order valence-corrected chi connectivity index (χ0v) is 10.3. The maximum absolute atomic E-state index is 4.47. The van der Waals surface area contributed by atoms with Crippen LogP contribution in [-0.2, 0) is 0 Å². The summed E-state index contributed by atoms with van der Waals surface area (Å²) in [5.41, 5.74) is 1.26. The van der Waals surface area contributed by atoms with Crippen molar-refractivity contribution in [2.45, 2.75) is 25.4 Å². The summed E-state index contributed by atoms with van der Waals surface area (Å²) in [5.74, 6) is 1.12. The number of nitrogens with zero attached hydrogens (tertiary/aromatic N) is 2. The van der Waals surface area contributed by atoms with Gasteiger partial charge >= 0.3 is 0 Å². The molecule has 0 spiro atoms. The van der Waals surface area contributed by atoms with Crippen molar-refractivity contribution < 1.29 is 0 Å². The lowest BCUT2D eigenvalue weighted by Gasteiger charge is -2.48. The second kappa shape index (κ2) is 3.46. The normalized spacial score (nSPS) is 28.8. The van der Waals surface area contributed by atoms with Gasteiger partial charge in [0.25, 0.3) is 0 Å². The fraction of sp³-hybridized carbons (Fsp3) is 0.545. The van der Waals surface area contributed by atoms with Gasteiger partial charge in [0.1, 0.15) is 5.82 Å². The van der Waals surface area contributed by atoms with Crippen molar-refractivity contribution in [2.75, 3.05) is 18.0 Å². The summed E-state index contributed by atoms with van der Waals surface area (Å²) in [7, 11) is 0. The van der Waals surface area contributed by atoms with Gasteiger partial charge in [0.15, 0.2) is 0 Å². The van der Waals surface area contributed by atoms with E-state index in [1.165, 1.54) is 12.0 Å². The van der Waals surface area contributed by atoms with Crippen molar-refractivity contribution in [3.63, 3.8) is 0 Å².